The number of nitrogens with zero attached hydrogens (tertiary/aromatic N) is 3. The van der Waals surface area contributed by atoms with E-state index in [1.807, 2.05) is 25.1 Å². The molecule has 8 heteroatoms. The zero-order valence-corrected chi connectivity index (χ0v) is 15.7. The highest BCUT2D eigenvalue weighted by Gasteiger charge is 2.39. The van der Waals surface area contributed by atoms with Crippen LogP contribution in [0.4, 0.5) is 18.9 Å². The fourth-order valence-electron chi connectivity index (χ4n) is 3.47. The van der Waals surface area contributed by atoms with Gasteiger partial charge in [0.25, 0.3) is 5.91 Å². The van der Waals surface area contributed by atoms with Gasteiger partial charge in [-0.1, -0.05) is 25.1 Å². The number of rotatable bonds is 4. The molecule has 28 heavy (non-hydrogen) atoms. The monoisotopic (exact) mass is 403 g/mol. The largest absolute Gasteiger partial charge is 0.416 e. The zero-order valence-electron chi connectivity index (χ0n) is 14.9. The van der Waals surface area contributed by atoms with Crippen molar-refractivity contribution in [2.24, 2.45) is 0 Å². The number of carbonyl (C=O) groups excluding carboxylic acids is 1. The van der Waals surface area contributed by atoms with E-state index in [-0.39, 0.29) is 23.6 Å². The second-order valence-corrected chi connectivity index (χ2v) is 7.67. The predicted molar refractivity (Wildman–Crippen MR) is 100 cm³/mol. The van der Waals surface area contributed by atoms with E-state index in [0.29, 0.717) is 12.1 Å². The first-order valence-corrected chi connectivity index (χ1v) is 9.58. The van der Waals surface area contributed by atoms with Gasteiger partial charge in [0.05, 0.1) is 12.1 Å². The van der Waals surface area contributed by atoms with Crippen LogP contribution in [0.3, 0.4) is 0 Å². The van der Waals surface area contributed by atoms with Crippen molar-refractivity contribution in [1.82, 2.24) is 10.2 Å². The predicted octanol–water partition coefficient (Wildman–Crippen LogP) is 5.06. The number of fused-ring (bicyclic) bond motifs is 1. The molecule has 1 aliphatic rings. The summed E-state index contributed by atoms with van der Waals surface area (Å²) in [5.41, 5.74) is 2.66. The second kappa shape index (κ2) is 7.01. The highest BCUT2D eigenvalue weighted by atomic mass is 32.1. The van der Waals surface area contributed by atoms with Gasteiger partial charge in [0.15, 0.2) is 0 Å². The van der Waals surface area contributed by atoms with E-state index >= 15 is 0 Å². The number of halogens is 3. The van der Waals surface area contributed by atoms with Crippen molar-refractivity contribution >= 4 is 22.9 Å². The molecule has 0 unspecified atom stereocenters. The molecule has 0 bridgehead atoms. The maximum atomic E-state index is 13.3. The van der Waals surface area contributed by atoms with Crippen molar-refractivity contribution in [3.8, 4) is 0 Å². The molecule has 0 N–H and O–H groups in total. The molecule has 144 valence electrons. The van der Waals surface area contributed by atoms with Gasteiger partial charge >= 0.3 is 6.18 Å². The summed E-state index contributed by atoms with van der Waals surface area (Å²) < 4.78 is 39.9. The van der Waals surface area contributed by atoms with E-state index in [9.17, 15) is 18.0 Å². The van der Waals surface area contributed by atoms with Crippen LogP contribution in [0, 0.1) is 0 Å². The third kappa shape index (κ3) is 3.40. The molecular weight excluding hydrogens is 387 g/mol. The van der Waals surface area contributed by atoms with Gasteiger partial charge in [-0.3, -0.25) is 4.79 Å². The molecule has 0 spiro atoms. The molecule has 1 aromatic heterocycles. The molecule has 0 fully saturated rings. The van der Waals surface area contributed by atoms with E-state index in [1.54, 1.807) is 11.6 Å². The molecule has 2 aromatic carbocycles. The molecule has 0 radical (unpaired) electrons. The quantitative estimate of drug-likeness (QED) is 0.612. The normalized spacial score (nSPS) is 15.0. The molecule has 4 rings (SSSR count). The summed E-state index contributed by atoms with van der Waals surface area (Å²) in [6.45, 7) is 1.96. The zero-order chi connectivity index (χ0) is 19.9. The van der Waals surface area contributed by atoms with Crippen LogP contribution in [0.25, 0.3) is 0 Å². The molecule has 0 saturated carbocycles. The number of benzene rings is 2. The molecule has 1 atom stereocenters. The first-order chi connectivity index (χ1) is 13.3. The van der Waals surface area contributed by atoms with Crippen molar-refractivity contribution < 1.29 is 18.0 Å². The number of hydrogen-bond donors (Lipinski definition) is 0. The van der Waals surface area contributed by atoms with Gasteiger partial charge in [0.2, 0.25) is 0 Å². The number of aromatic nitrogens is 2. The molecule has 1 aliphatic heterocycles. The van der Waals surface area contributed by atoms with E-state index in [4.69, 9.17) is 0 Å². The minimum absolute atomic E-state index is 0.0345. The Labute approximate surface area is 163 Å². The second-order valence-electron chi connectivity index (χ2n) is 6.75. The lowest BCUT2D eigenvalue weighted by atomic mass is 9.97. The van der Waals surface area contributed by atoms with E-state index in [2.05, 4.69) is 10.2 Å². The Balaban J connectivity index is 1.63. The van der Waals surface area contributed by atoms with Gasteiger partial charge < -0.3 is 4.90 Å². The maximum absolute atomic E-state index is 13.3. The number of carbonyl (C=O) groups is 1. The van der Waals surface area contributed by atoms with Crippen molar-refractivity contribution in [1.29, 1.82) is 0 Å². The van der Waals surface area contributed by atoms with Crippen LogP contribution in [0.15, 0.2) is 48.0 Å². The van der Waals surface area contributed by atoms with Gasteiger partial charge in [0, 0.05) is 17.7 Å². The molecule has 2 heterocycles. The highest BCUT2D eigenvalue weighted by Crippen LogP contribution is 2.38. The fourth-order valence-corrected chi connectivity index (χ4v) is 4.13. The summed E-state index contributed by atoms with van der Waals surface area (Å²) in [6, 6.07) is 11.1. The minimum atomic E-state index is -4.49. The van der Waals surface area contributed by atoms with Crippen molar-refractivity contribution in [3.63, 3.8) is 0 Å². The molecule has 0 aliphatic carbocycles. The summed E-state index contributed by atoms with van der Waals surface area (Å²) in [5.74, 6) is -0.270. The van der Waals surface area contributed by atoms with Crippen LogP contribution in [0.5, 0.6) is 0 Å². The number of hydrogen-bond acceptors (Lipinski definition) is 4. The Hall–Kier alpha value is -2.74. The number of anilines is 1. The van der Waals surface area contributed by atoms with Crippen LogP contribution in [-0.4, -0.2) is 16.1 Å². The SMILES string of the molecule is C[C@H](Cc1nncs1)c1cccc(N2Cc3c(cccc3C(F)(F)F)C2=O)c1. The standard InChI is InChI=1S/C20H16F3N3OS/c1-12(8-18-25-24-11-28-18)13-4-2-5-14(9-13)26-10-16-15(19(26)27)6-3-7-17(16)20(21,22)23/h2-7,9,11-12H,8,10H2,1H3/t12-/m1/s1. The lowest BCUT2D eigenvalue weighted by Gasteiger charge is -2.19. The van der Waals surface area contributed by atoms with Crippen LogP contribution in [0.2, 0.25) is 0 Å². The van der Waals surface area contributed by atoms with Crippen molar-refractivity contribution in [3.05, 3.63) is 75.2 Å². The van der Waals surface area contributed by atoms with Crippen LogP contribution in [0.1, 0.15) is 44.9 Å². The fraction of sp³-hybridized carbons (Fsp3) is 0.250. The minimum Gasteiger partial charge on any atom is -0.304 e. The van der Waals surface area contributed by atoms with E-state index < -0.39 is 17.6 Å². The summed E-state index contributed by atoms with van der Waals surface area (Å²) in [5, 5.41) is 8.80. The summed E-state index contributed by atoms with van der Waals surface area (Å²) in [6.07, 6.45) is -3.78. The molecule has 4 nitrogen and oxygen atoms in total. The van der Waals surface area contributed by atoms with Gasteiger partial charge in [-0.2, -0.15) is 13.2 Å². The average molecular weight is 403 g/mol. The Kier molecular flexibility index (Phi) is 4.66. The Morgan fingerprint density at radius 3 is 2.71 bits per heavy atom. The molecule has 3 aromatic rings. The van der Waals surface area contributed by atoms with Crippen molar-refractivity contribution in [2.75, 3.05) is 4.90 Å². The van der Waals surface area contributed by atoms with Crippen LogP contribution < -0.4 is 4.90 Å². The highest BCUT2D eigenvalue weighted by molar-refractivity contribution is 7.09. The molecular formula is C20H16F3N3OS. The average Bonchev–Trinajstić information content (AvgIpc) is 3.29. The van der Waals surface area contributed by atoms with E-state index in [0.717, 1.165) is 16.6 Å². The first kappa shape index (κ1) is 18.6. The molecule has 0 saturated heterocycles. The smallest absolute Gasteiger partial charge is 0.304 e. The Bertz CT molecular complexity index is 1020. The topological polar surface area (TPSA) is 46.1 Å². The lowest BCUT2D eigenvalue weighted by Crippen LogP contribution is -2.23. The van der Waals surface area contributed by atoms with Crippen LogP contribution >= 0.6 is 11.3 Å². The van der Waals surface area contributed by atoms with Gasteiger partial charge in [-0.05, 0) is 41.3 Å². The summed E-state index contributed by atoms with van der Waals surface area (Å²) in [4.78, 5) is 14.2. The summed E-state index contributed by atoms with van der Waals surface area (Å²) in [7, 11) is 0. The first-order valence-electron chi connectivity index (χ1n) is 8.70. The maximum Gasteiger partial charge on any atom is 0.416 e. The third-order valence-electron chi connectivity index (χ3n) is 4.91. The number of amides is 1. The lowest BCUT2D eigenvalue weighted by molar-refractivity contribution is -0.138. The number of alkyl halides is 3. The third-order valence-corrected chi connectivity index (χ3v) is 5.63. The van der Waals surface area contributed by atoms with Gasteiger partial charge in [-0.15, -0.1) is 21.5 Å². The Morgan fingerprint density at radius 1 is 1.21 bits per heavy atom. The Morgan fingerprint density at radius 2 is 2.00 bits per heavy atom. The molecule has 1 amide bonds. The van der Waals surface area contributed by atoms with Gasteiger partial charge in [0.1, 0.15) is 10.5 Å². The van der Waals surface area contributed by atoms with Crippen molar-refractivity contribution in [2.45, 2.75) is 32.0 Å². The van der Waals surface area contributed by atoms with Gasteiger partial charge in [-0.25, -0.2) is 0 Å². The van der Waals surface area contributed by atoms with Crippen LogP contribution in [-0.2, 0) is 19.1 Å². The summed E-state index contributed by atoms with van der Waals surface area (Å²) >= 11 is 1.48. The van der Waals surface area contributed by atoms with E-state index in [1.165, 1.54) is 28.4 Å².